The van der Waals surface area contributed by atoms with Crippen LogP contribution in [0.15, 0.2) is 0 Å². The Morgan fingerprint density at radius 2 is 2.13 bits per heavy atom. The summed E-state index contributed by atoms with van der Waals surface area (Å²) in [6, 6.07) is 0.457. The zero-order chi connectivity index (χ0) is 11.1. The van der Waals surface area contributed by atoms with Crippen molar-refractivity contribution in [2.45, 2.75) is 64.3 Å². The standard InChI is InChI=1S/C13H24N2/c1-3-5-6-9-12(15-14)13(4-2)10-7-8-11-13/h1,12,15H,4-11,14H2,2H3. The van der Waals surface area contributed by atoms with Gasteiger partial charge in [-0.05, 0) is 37.5 Å². The Morgan fingerprint density at radius 1 is 1.47 bits per heavy atom. The van der Waals surface area contributed by atoms with Crippen molar-refractivity contribution in [2.24, 2.45) is 11.3 Å². The molecule has 1 fully saturated rings. The van der Waals surface area contributed by atoms with Gasteiger partial charge in [0.2, 0.25) is 0 Å². The quantitative estimate of drug-likeness (QED) is 0.305. The molecule has 0 aromatic heterocycles. The van der Waals surface area contributed by atoms with Gasteiger partial charge >= 0.3 is 0 Å². The summed E-state index contributed by atoms with van der Waals surface area (Å²) in [4.78, 5) is 0. The molecule has 86 valence electrons. The van der Waals surface area contributed by atoms with E-state index in [2.05, 4.69) is 18.3 Å². The highest BCUT2D eigenvalue weighted by Gasteiger charge is 2.38. The minimum absolute atomic E-state index is 0.448. The van der Waals surface area contributed by atoms with Crippen LogP contribution >= 0.6 is 0 Å². The Labute approximate surface area is 94.0 Å². The summed E-state index contributed by atoms with van der Waals surface area (Å²) in [7, 11) is 0. The molecular weight excluding hydrogens is 184 g/mol. The number of terminal acetylenes is 1. The molecule has 0 aromatic rings. The van der Waals surface area contributed by atoms with Crippen molar-refractivity contribution in [3.63, 3.8) is 0 Å². The monoisotopic (exact) mass is 208 g/mol. The zero-order valence-electron chi connectivity index (χ0n) is 9.89. The van der Waals surface area contributed by atoms with Crippen molar-refractivity contribution in [1.29, 1.82) is 0 Å². The molecule has 1 aliphatic carbocycles. The second-order valence-electron chi connectivity index (χ2n) is 4.74. The lowest BCUT2D eigenvalue weighted by Crippen LogP contribution is -2.47. The second kappa shape index (κ2) is 6.15. The Hall–Kier alpha value is -0.520. The van der Waals surface area contributed by atoms with Crippen LogP contribution in [-0.2, 0) is 0 Å². The predicted octanol–water partition coefficient (Wildman–Crippen LogP) is 2.59. The number of nitrogens with two attached hydrogens (primary N) is 1. The van der Waals surface area contributed by atoms with Crippen molar-refractivity contribution in [2.75, 3.05) is 0 Å². The van der Waals surface area contributed by atoms with Crippen LogP contribution in [0, 0.1) is 17.8 Å². The first-order chi connectivity index (χ1) is 7.29. The first-order valence-corrected chi connectivity index (χ1v) is 6.18. The molecular formula is C13H24N2. The van der Waals surface area contributed by atoms with E-state index in [4.69, 9.17) is 12.3 Å². The molecule has 0 aromatic carbocycles. The van der Waals surface area contributed by atoms with E-state index in [9.17, 15) is 0 Å². The van der Waals surface area contributed by atoms with E-state index in [-0.39, 0.29) is 0 Å². The molecule has 2 heteroatoms. The maximum atomic E-state index is 5.69. The van der Waals surface area contributed by atoms with Gasteiger partial charge in [0.25, 0.3) is 0 Å². The van der Waals surface area contributed by atoms with Crippen LogP contribution in [0.5, 0.6) is 0 Å². The van der Waals surface area contributed by atoms with Gasteiger partial charge in [-0.1, -0.05) is 19.8 Å². The first kappa shape index (κ1) is 12.5. The average Bonchev–Trinajstić information content (AvgIpc) is 2.74. The van der Waals surface area contributed by atoms with Crippen molar-refractivity contribution >= 4 is 0 Å². The Bertz CT molecular complexity index is 211. The Kier molecular flexibility index (Phi) is 5.14. The fraction of sp³-hybridized carbons (Fsp3) is 0.846. The third-order valence-electron chi connectivity index (χ3n) is 4.06. The van der Waals surface area contributed by atoms with Gasteiger partial charge in [0.05, 0.1) is 0 Å². The molecule has 3 N–H and O–H groups in total. The second-order valence-corrected chi connectivity index (χ2v) is 4.74. The predicted molar refractivity (Wildman–Crippen MR) is 65.0 cm³/mol. The molecule has 1 unspecified atom stereocenters. The van der Waals surface area contributed by atoms with Gasteiger partial charge in [-0.15, -0.1) is 12.3 Å². The maximum Gasteiger partial charge on any atom is 0.0267 e. The number of hydrogen-bond acceptors (Lipinski definition) is 2. The third-order valence-corrected chi connectivity index (χ3v) is 4.06. The molecule has 2 nitrogen and oxygen atoms in total. The van der Waals surface area contributed by atoms with E-state index in [1.165, 1.54) is 32.1 Å². The highest BCUT2D eigenvalue weighted by molar-refractivity contribution is 4.94. The number of hydrazine groups is 1. The highest BCUT2D eigenvalue weighted by atomic mass is 15.2. The molecule has 0 saturated heterocycles. The normalized spacial score (nSPS) is 21.1. The number of unbranched alkanes of at least 4 members (excludes halogenated alkanes) is 1. The van der Waals surface area contributed by atoms with Crippen LogP contribution in [-0.4, -0.2) is 6.04 Å². The maximum absolute atomic E-state index is 5.69. The van der Waals surface area contributed by atoms with Crippen LogP contribution in [0.25, 0.3) is 0 Å². The molecule has 1 atom stereocenters. The molecule has 0 radical (unpaired) electrons. The van der Waals surface area contributed by atoms with E-state index in [1.54, 1.807) is 0 Å². The van der Waals surface area contributed by atoms with Crippen molar-refractivity contribution in [3.05, 3.63) is 0 Å². The summed E-state index contributed by atoms with van der Waals surface area (Å²) < 4.78 is 0. The van der Waals surface area contributed by atoms with Crippen LogP contribution in [0.2, 0.25) is 0 Å². The van der Waals surface area contributed by atoms with Gasteiger partial charge in [0, 0.05) is 12.5 Å². The van der Waals surface area contributed by atoms with Gasteiger partial charge in [-0.25, -0.2) is 0 Å². The molecule has 1 aliphatic rings. The summed E-state index contributed by atoms with van der Waals surface area (Å²) in [5.74, 6) is 8.39. The van der Waals surface area contributed by atoms with Gasteiger partial charge in [-0.3, -0.25) is 11.3 Å². The molecule has 15 heavy (non-hydrogen) atoms. The Morgan fingerprint density at radius 3 is 2.60 bits per heavy atom. The SMILES string of the molecule is C#CCCCC(NN)C1(CC)CCCC1. The third kappa shape index (κ3) is 2.96. The largest absolute Gasteiger partial charge is 0.271 e. The van der Waals surface area contributed by atoms with Crippen molar-refractivity contribution in [1.82, 2.24) is 5.43 Å². The molecule has 0 spiro atoms. The van der Waals surface area contributed by atoms with E-state index < -0.39 is 0 Å². The zero-order valence-corrected chi connectivity index (χ0v) is 9.89. The van der Waals surface area contributed by atoms with Crippen molar-refractivity contribution < 1.29 is 0 Å². The van der Waals surface area contributed by atoms with E-state index in [1.807, 2.05) is 0 Å². The summed E-state index contributed by atoms with van der Waals surface area (Å²) >= 11 is 0. The summed E-state index contributed by atoms with van der Waals surface area (Å²) in [6.45, 7) is 2.29. The van der Waals surface area contributed by atoms with Gasteiger partial charge in [0.1, 0.15) is 0 Å². The number of hydrogen-bond donors (Lipinski definition) is 2. The number of nitrogens with one attached hydrogen (secondary N) is 1. The smallest absolute Gasteiger partial charge is 0.0267 e. The summed E-state index contributed by atoms with van der Waals surface area (Å²) in [5, 5.41) is 0. The molecule has 1 saturated carbocycles. The minimum Gasteiger partial charge on any atom is -0.271 e. The topological polar surface area (TPSA) is 38.0 Å². The fourth-order valence-electron chi connectivity index (χ4n) is 3.00. The molecule has 0 heterocycles. The molecule has 0 amide bonds. The van der Waals surface area contributed by atoms with Crippen LogP contribution < -0.4 is 11.3 Å². The lowest BCUT2D eigenvalue weighted by atomic mass is 9.74. The van der Waals surface area contributed by atoms with Crippen molar-refractivity contribution in [3.8, 4) is 12.3 Å². The molecule has 1 rings (SSSR count). The minimum atomic E-state index is 0.448. The van der Waals surface area contributed by atoms with Crippen LogP contribution in [0.3, 0.4) is 0 Å². The van der Waals surface area contributed by atoms with Gasteiger partial charge in [0.15, 0.2) is 0 Å². The van der Waals surface area contributed by atoms with Gasteiger partial charge < -0.3 is 0 Å². The summed E-state index contributed by atoms with van der Waals surface area (Å²) in [6.07, 6.45) is 15.0. The van der Waals surface area contributed by atoms with E-state index in [0.29, 0.717) is 11.5 Å². The van der Waals surface area contributed by atoms with E-state index >= 15 is 0 Å². The molecule has 0 bridgehead atoms. The lowest BCUT2D eigenvalue weighted by molar-refractivity contribution is 0.175. The highest BCUT2D eigenvalue weighted by Crippen LogP contribution is 2.44. The Balaban J connectivity index is 2.51. The number of rotatable bonds is 6. The van der Waals surface area contributed by atoms with Gasteiger partial charge in [-0.2, -0.15) is 0 Å². The fourth-order valence-corrected chi connectivity index (χ4v) is 3.00. The van der Waals surface area contributed by atoms with Crippen LogP contribution in [0.1, 0.15) is 58.3 Å². The molecule has 0 aliphatic heterocycles. The summed E-state index contributed by atoms with van der Waals surface area (Å²) in [5.41, 5.74) is 3.47. The van der Waals surface area contributed by atoms with Crippen LogP contribution in [0.4, 0.5) is 0 Å². The average molecular weight is 208 g/mol. The lowest BCUT2D eigenvalue weighted by Gasteiger charge is -2.36. The van der Waals surface area contributed by atoms with E-state index in [0.717, 1.165) is 19.3 Å². The first-order valence-electron chi connectivity index (χ1n) is 6.18.